The molecule has 1 aromatic rings. The molecular weight excluding hydrogens is 570 g/mol. The quantitative estimate of drug-likeness (QED) is 0.174. The molecule has 0 aliphatic heterocycles. The highest BCUT2D eigenvalue weighted by Crippen LogP contribution is 2.56. The molecule has 0 spiro atoms. The number of benzene rings is 1. The number of phenols is 1. The number of hydrogen-bond donors (Lipinski definition) is 5. The number of esters is 1. The minimum absolute atomic E-state index is 0.0150. The van der Waals surface area contributed by atoms with Gasteiger partial charge in [0.2, 0.25) is 5.78 Å². The van der Waals surface area contributed by atoms with E-state index in [4.69, 9.17) is 10.5 Å². The van der Waals surface area contributed by atoms with Crippen molar-refractivity contribution in [2.75, 3.05) is 0 Å². The molecule has 0 aromatic heterocycles. The Hall–Kier alpha value is -3.99. The van der Waals surface area contributed by atoms with Crippen LogP contribution in [0.5, 0.6) is 5.75 Å². The van der Waals surface area contributed by atoms with Gasteiger partial charge in [-0.05, 0) is 54.6 Å². The summed E-state index contributed by atoms with van der Waals surface area (Å²) in [6, 6.07) is 4.54. The lowest BCUT2D eigenvalue weighted by atomic mass is 9.55. The van der Waals surface area contributed by atoms with Crippen molar-refractivity contribution in [1.29, 1.82) is 0 Å². The van der Waals surface area contributed by atoms with Crippen LogP contribution >= 0.6 is 0 Å². The second-order valence-corrected chi connectivity index (χ2v) is 13.1. The first-order chi connectivity index (χ1) is 20.9. The van der Waals surface area contributed by atoms with Crippen LogP contribution in [-0.2, 0) is 28.7 Å². The number of amides is 1. The molecule has 5 aliphatic carbocycles. The molecule has 3 saturated carbocycles. The standard InChI is InChI=1S/C33H37NO10/c1-14-18-6-4-7-21(36)25(18)28(39)27-24(14)29(20-13-22(37)26(32(34)42)30(40)33(20,43)31(27)41)44-23(38)8-3-2-5-15-9-10-16-11-17(35)12-19(15)16/h4,6-7,14-16,19-20,24,29,36,39-40,43H,2-3,5,8-13H2,1H3,(H2,34,42). The average molecular weight is 608 g/mol. The van der Waals surface area contributed by atoms with E-state index in [2.05, 4.69) is 0 Å². The van der Waals surface area contributed by atoms with Gasteiger partial charge >= 0.3 is 5.97 Å². The fourth-order valence-corrected chi connectivity index (χ4v) is 8.79. The Morgan fingerprint density at radius 1 is 1.05 bits per heavy atom. The van der Waals surface area contributed by atoms with Crippen LogP contribution in [0, 0.1) is 29.6 Å². The van der Waals surface area contributed by atoms with Gasteiger partial charge in [-0.15, -0.1) is 0 Å². The second kappa shape index (κ2) is 10.9. The summed E-state index contributed by atoms with van der Waals surface area (Å²) < 4.78 is 5.95. The van der Waals surface area contributed by atoms with Gasteiger partial charge in [-0.1, -0.05) is 31.9 Å². The number of Topliss-reactive ketones (excluding diaryl/α,β-unsaturated/α-hetero) is 3. The minimum atomic E-state index is -2.89. The largest absolute Gasteiger partial charge is 0.508 e. The van der Waals surface area contributed by atoms with E-state index < -0.39 is 76.4 Å². The van der Waals surface area contributed by atoms with Crippen molar-refractivity contribution in [1.82, 2.24) is 0 Å². The van der Waals surface area contributed by atoms with Gasteiger partial charge in [-0.2, -0.15) is 0 Å². The maximum absolute atomic E-state index is 14.0. The number of aliphatic hydroxyl groups is 3. The van der Waals surface area contributed by atoms with Crippen LogP contribution in [0.4, 0.5) is 0 Å². The summed E-state index contributed by atoms with van der Waals surface area (Å²) in [5, 5.41) is 44.7. The van der Waals surface area contributed by atoms with Crippen molar-refractivity contribution in [3.05, 3.63) is 46.2 Å². The molecule has 0 radical (unpaired) electrons. The van der Waals surface area contributed by atoms with Crippen molar-refractivity contribution in [3.8, 4) is 5.75 Å². The highest BCUT2D eigenvalue weighted by atomic mass is 16.5. The smallest absolute Gasteiger partial charge is 0.306 e. The molecule has 0 bridgehead atoms. The third-order valence-corrected chi connectivity index (χ3v) is 10.9. The van der Waals surface area contributed by atoms with Crippen molar-refractivity contribution in [2.24, 2.45) is 35.3 Å². The van der Waals surface area contributed by atoms with Crippen LogP contribution in [-0.4, -0.2) is 61.4 Å². The number of rotatable bonds is 7. The Morgan fingerprint density at radius 3 is 2.52 bits per heavy atom. The molecule has 234 valence electrons. The molecular formula is C33H37NO10. The summed E-state index contributed by atoms with van der Waals surface area (Å²) in [6.45, 7) is 1.71. The highest BCUT2D eigenvalue weighted by molar-refractivity contribution is 6.23. The van der Waals surface area contributed by atoms with Crippen molar-refractivity contribution in [3.63, 3.8) is 0 Å². The maximum atomic E-state index is 14.0. The Balaban J connectivity index is 1.29. The summed E-state index contributed by atoms with van der Waals surface area (Å²) >= 11 is 0. The number of ketones is 3. The molecule has 0 heterocycles. The molecule has 44 heavy (non-hydrogen) atoms. The predicted molar refractivity (Wildman–Crippen MR) is 154 cm³/mol. The Bertz CT molecular complexity index is 1540. The molecule has 8 unspecified atom stereocenters. The third-order valence-electron chi connectivity index (χ3n) is 10.9. The predicted octanol–water partition coefficient (Wildman–Crippen LogP) is 3.07. The molecule has 0 saturated heterocycles. The zero-order valence-electron chi connectivity index (χ0n) is 24.5. The fraction of sp³-hybridized carbons (Fsp3) is 0.545. The van der Waals surface area contributed by atoms with Gasteiger partial charge in [0.25, 0.3) is 5.91 Å². The lowest BCUT2D eigenvalue weighted by Gasteiger charge is -2.51. The van der Waals surface area contributed by atoms with Crippen LogP contribution in [0.15, 0.2) is 35.1 Å². The van der Waals surface area contributed by atoms with Crippen molar-refractivity contribution in [2.45, 2.75) is 82.3 Å². The number of phenolic OH excluding ortho intramolecular Hbond substituents is 1. The van der Waals surface area contributed by atoms with E-state index in [1.54, 1.807) is 19.1 Å². The van der Waals surface area contributed by atoms with Crippen LogP contribution < -0.4 is 5.73 Å². The van der Waals surface area contributed by atoms with Gasteiger partial charge in [0.15, 0.2) is 11.4 Å². The van der Waals surface area contributed by atoms with E-state index in [-0.39, 0.29) is 23.3 Å². The molecule has 5 aliphatic rings. The number of aromatic hydroxyl groups is 1. The number of ether oxygens (including phenoxy) is 1. The first-order valence-electron chi connectivity index (χ1n) is 15.4. The number of carbonyl (C=O) groups excluding carboxylic acids is 5. The first kappa shape index (κ1) is 30.1. The molecule has 1 amide bonds. The summed E-state index contributed by atoms with van der Waals surface area (Å²) in [6.07, 6.45) is 3.65. The van der Waals surface area contributed by atoms with E-state index in [0.29, 0.717) is 48.4 Å². The van der Waals surface area contributed by atoms with E-state index in [9.17, 15) is 44.4 Å². The summed E-state index contributed by atoms with van der Waals surface area (Å²) in [4.78, 5) is 64.2. The Morgan fingerprint density at radius 2 is 1.80 bits per heavy atom. The van der Waals surface area contributed by atoms with E-state index in [0.717, 1.165) is 25.7 Å². The van der Waals surface area contributed by atoms with Crippen molar-refractivity contribution >= 4 is 35.0 Å². The Labute approximate surface area is 253 Å². The zero-order valence-corrected chi connectivity index (χ0v) is 24.5. The summed E-state index contributed by atoms with van der Waals surface area (Å²) in [7, 11) is 0. The number of fused-ring (bicyclic) bond motifs is 4. The van der Waals surface area contributed by atoms with Crippen LogP contribution in [0.3, 0.4) is 0 Å². The number of primary amides is 1. The van der Waals surface area contributed by atoms with Crippen LogP contribution in [0.2, 0.25) is 0 Å². The molecule has 1 aromatic carbocycles. The summed E-state index contributed by atoms with van der Waals surface area (Å²) in [5.74, 6) is -7.69. The lowest BCUT2D eigenvalue weighted by molar-refractivity contribution is -0.178. The van der Waals surface area contributed by atoms with Crippen LogP contribution in [0.25, 0.3) is 5.76 Å². The molecule has 6 N–H and O–H groups in total. The topological polar surface area (TPSA) is 202 Å². The average Bonchev–Trinajstić information content (AvgIpc) is 3.51. The molecule has 11 heteroatoms. The van der Waals surface area contributed by atoms with Gasteiger partial charge < -0.3 is 30.9 Å². The molecule has 11 nitrogen and oxygen atoms in total. The number of nitrogens with two attached hydrogens (primary N) is 1. The zero-order chi connectivity index (χ0) is 31.7. The number of unbranched alkanes of at least 4 members (excludes halogenated alkanes) is 1. The SMILES string of the molecule is CC1c2cccc(O)c2C(O)=C2C(=O)C3(O)C(O)=C(C(N)=O)C(=O)CC3C(OC(=O)CCCCC3CCC4CC(=O)CC34)C21. The van der Waals surface area contributed by atoms with Crippen LogP contribution in [0.1, 0.15) is 81.8 Å². The molecule has 8 atom stereocenters. The highest BCUT2D eigenvalue weighted by Gasteiger charge is 2.66. The number of aliphatic hydroxyl groups excluding tert-OH is 2. The maximum Gasteiger partial charge on any atom is 0.306 e. The van der Waals surface area contributed by atoms with E-state index in [1.807, 2.05) is 0 Å². The van der Waals surface area contributed by atoms with E-state index in [1.165, 1.54) is 6.07 Å². The molecule has 3 fully saturated rings. The minimum Gasteiger partial charge on any atom is -0.508 e. The fourth-order valence-electron chi connectivity index (χ4n) is 8.79. The van der Waals surface area contributed by atoms with Gasteiger partial charge in [-0.25, -0.2) is 0 Å². The third kappa shape index (κ3) is 4.46. The van der Waals surface area contributed by atoms with Gasteiger partial charge in [0.05, 0.1) is 5.56 Å². The Kier molecular flexibility index (Phi) is 7.42. The van der Waals surface area contributed by atoms with Crippen molar-refractivity contribution < 1.29 is 49.1 Å². The van der Waals surface area contributed by atoms with Gasteiger partial charge in [0.1, 0.15) is 34.7 Å². The molecule has 6 rings (SSSR count). The lowest BCUT2D eigenvalue weighted by Crippen LogP contribution is -2.64. The van der Waals surface area contributed by atoms with Gasteiger partial charge in [-0.3, -0.25) is 24.0 Å². The number of carbonyl (C=O) groups is 5. The van der Waals surface area contributed by atoms with E-state index >= 15 is 0 Å². The summed E-state index contributed by atoms with van der Waals surface area (Å²) in [5.41, 5.74) is 1.55. The second-order valence-electron chi connectivity index (χ2n) is 13.1. The monoisotopic (exact) mass is 607 g/mol. The number of hydrogen-bond acceptors (Lipinski definition) is 10. The first-order valence-corrected chi connectivity index (χ1v) is 15.4. The normalized spacial score (nSPS) is 34.4. The van der Waals surface area contributed by atoms with Gasteiger partial charge in [0, 0.05) is 43.1 Å².